The summed E-state index contributed by atoms with van der Waals surface area (Å²) >= 11 is 0. The summed E-state index contributed by atoms with van der Waals surface area (Å²) in [6.07, 6.45) is 3.07. The molecule has 20 heavy (non-hydrogen) atoms. The van der Waals surface area contributed by atoms with Gasteiger partial charge in [0.05, 0.1) is 0 Å². The first-order chi connectivity index (χ1) is 9.25. The Morgan fingerprint density at radius 2 is 1.95 bits per heavy atom. The average molecular weight is 286 g/mol. The van der Waals surface area contributed by atoms with Crippen molar-refractivity contribution in [1.29, 1.82) is 0 Å². The number of phenols is 1. The largest absolute Gasteiger partial charge is 0.508 e. The molecule has 1 aliphatic heterocycles. The zero-order valence-electron chi connectivity index (χ0n) is 11.9. The number of carbonyl (C=O) groups is 1. The van der Waals surface area contributed by atoms with Crippen LogP contribution in [0.3, 0.4) is 0 Å². The normalized spacial score (nSPS) is 17.4. The Balaban J connectivity index is 2.70. The number of carbonyl (C=O) groups excluding carboxylic acids is 1. The summed E-state index contributed by atoms with van der Waals surface area (Å²) in [5.74, 6) is 0.232. The molecule has 3 nitrogen and oxygen atoms in total. The van der Waals surface area contributed by atoms with Gasteiger partial charge in [-0.3, -0.25) is 4.79 Å². The van der Waals surface area contributed by atoms with Gasteiger partial charge in [-0.15, -0.1) is 0 Å². The number of ketones is 1. The molecule has 1 aromatic carbocycles. The molecule has 0 spiro atoms. The van der Waals surface area contributed by atoms with Gasteiger partial charge in [0.2, 0.25) is 0 Å². The highest BCUT2D eigenvalue weighted by atomic mass is 28.3. The standard InChI is InChI=1S/C16H18O3Si/c1-10(17)5-7-13-11(2)20(3,4)15-9-12(18)6-8-14(15)16(13)19/h5-9,18-19H,2H2,1,3-4H3. The van der Waals surface area contributed by atoms with E-state index in [9.17, 15) is 15.0 Å². The molecule has 0 unspecified atom stereocenters. The Hall–Kier alpha value is -2.07. The van der Waals surface area contributed by atoms with Crippen LogP contribution in [0.5, 0.6) is 5.75 Å². The van der Waals surface area contributed by atoms with E-state index in [1.807, 2.05) is 0 Å². The van der Waals surface area contributed by atoms with E-state index in [-0.39, 0.29) is 17.3 Å². The van der Waals surface area contributed by atoms with Crippen LogP contribution in [0.1, 0.15) is 12.5 Å². The Morgan fingerprint density at radius 1 is 1.30 bits per heavy atom. The molecule has 0 aromatic heterocycles. The van der Waals surface area contributed by atoms with Gasteiger partial charge in [0.25, 0.3) is 0 Å². The van der Waals surface area contributed by atoms with Crippen LogP contribution in [-0.4, -0.2) is 24.1 Å². The predicted octanol–water partition coefficient (Wildman–Crippen LogP) is 2.83. The second kappa shape index (κ2) is 4.79. The van der Waals surface area contributed by atoms with Gasteiger partial charge in [-0.05, 0) is 42.5 Å². The Labute approximate surface area is 119 Å². The lowest BCUT2D eigenvalue weighted by Crippen LogP contribution is -2.48. The number of allylic oxidation sites excluding steroid dienone is 4. The van der Waals surface area contributed by atoms with E-state index >= 15 is 0 Å². The third-order valence-corrected chi connectivity index (χ3v) is 7.29. The molecule has 0 radical (unpaired) electrons. The third kappa shape index (κ3) is 2.23. The first-order valence-corrected chi connectivity index (χ1v) is 9.40. The lowest BCUT2D eigenvalue weighted by molar-refractivity contribution is -0.112. The SMILES string of the molecule is C=C1C(C=CC(C)=O)=C(O)c2ccc(O)cc2[Si]1(C)C. The van der Waals surface area contributed by atoms with E-state index in [0.717, 1.165) is 15.9 Å². The van der Waals surface area contributed by atoms with Gasteiger partial charge in [0, 0.05) is 11.1 Å². The maximum atomic E-state index is 11.1. The predicted molar refractivity (Wildman–Crippen MR) is 83.7 cm³/mol. The fraction of sp³-hybridized carbons (Fsp3) is 0.188. The van der Waals surface area contributed by atoms with E-state index in [1.54, 1.807) is 24.3 Å². The second-order valence-electron chi connectivity index (χ2n) is 5.54. The number of benzene rings is 1. The minimum Gasteiger partial charge on any atom is -0.508 e. The van der Waals surface area contributed by atoms with Crippen LogP contribution < -0.4 is 5.19 Å². The zero-order chi connectivity index (χ0) is 15.1. The summed E-state index contributed by atoms with van der Waals surface area (Å²) in [6.45, 7) is 9.80. The summed E-state index contributed by atoms with van der Waals surface area (Å²) in [6, 6.07) is 4.97. The average Bonchev–Trinajstić information content (AvgIpc) is 2.36. The fourth-order valence-electron chi connectivity index (χ4n) is 2.42. The molecule has 0 amide bonds. The minimum atomic E-state index is -2.06. The number of rotatable bonds is 2. The third-order valence-electron chi connectivity index (χ3n) is 3.75. The summed E-state index contributed by atoms with van der Waals surface area (Å²) in [5, 5.41) is 21.9. The van der Waals surface area contributed by atoms with Gasteiger partial charge in [0.15, 0.2) is 5.78 Å². The van der Waals surface area contributed by atoms with Crippen molar-refractivity contribution in [3.63, 3.8) is 0 Å². The molecule has 0 saturated carbocycles. The second-order valence-corrected chi connectivity index (χ2v) is 9.93. The molecule has 2 N–H and O–H groups in total. The highest BCUT2D eigenvalue weighted by Gasteiger charge is 2.37. The van der Waals surface area contributed by atoms with Crippen LogP contribution in [0, 0.1) is 0 Å². The Kier molecular flexibility index (Phi) is 3.44. The summed E-state index contributed by atoms with van der Waals surface area (Å²) < 4.78 is 0. The molecule has 0 saturated heterocycles. The lowest BCUT2D eigenvalue weighted by atomic mass is 10.1. The molecular formula is C16H18O3Si. The molecule has 1 aromatic rings. The maximum absolute atomic E-state index is 11.1. The molecular weight excluding hydrogens is 268 g/mol. The number of phenolic OH excluding ortho intramolecular Hbond substituents is 1. The van der Waals surface area contributed by atoms with Crippen LogP contribution in [0.25, 0.3) is 5.76 Å². The van der Waals surface area contributed by atoms with Crippen LogP contribution in [0.15, 0.2) is 47.7 Å². The van der Waals surface area contributed by atoms with Gasteiger partial charge in [-0.1, -0.05) is 24.9 Å². The van der Waals surface area contributed by atoms with Crippen LogP contribution >= 0.6 is 0 Å². The van der Waals surface area contributed by atoms with E-state index in [1.165, 1.54) is 13.0 Å². The van der Waals surface area contributed by atoms with Crippen molar-refractivity contribution >= 4 is 24.8 Å². The fourth-order valence-corrected chi connectivity index (χ4v) is 5.01. The Bertz CT molecular complexity index is 666. The summed E-state index contributed by atoms with van der Waals surface area (Å²) in [4.78, 5) is 11.1. The van der Waals surface area contributed by atoms with Crippen molar-refractivity contribution in [3.8, 4) is 5.75 Å². The number of aliphatic hydroxyl groups excluding tert-OH is 1. The number of hydrogen-bond donors (Lipinski definition) is 2. The summed E-state index contributed by atoms with van der Waals surface area (Å²) in [5.41, 5.74) is 1.34. The molecule has 0 atom stereocenters. The van der Waals surface area contributed by atoms with Crippen molar-refractivity contribution in [3.05, 3.63) is 53.3 Å². The van der Waals surface area contributed by atoms with Gasteiger partial charge in [0.1, 0.15) is 19.6 Å². The first-order valence-electron chi connectivity index (χ1n) is 6.40. The first kappa shape index (κ1) is 14.3. The van der Waals surface area contributed by atoms with Crippen LogP contribution in [0.4, 0.5) is 0 Å². The smallest absolute Gasteiger partial charge is 0.152 e. The monoisotopic (exact) mass is 286 g/mol. The van der Waals surface area contributed by atoms with Crippen molar-refractivity contribution in [1.82, 2.24) is 0 Å². The van der Waals surface area contributed by atoms with E-state index in [4.69, 9.17) is 0 Å². The highest BCUT2D eigenvalue weighted by Crippen LogP contribution is 2.34. The van der Waals surface area contributed by atoms with E-state index < -0.39 is 8.07 Å². The molecule has 0 aliphatic carbocycles. The van der Waals surface area contributed by atoms with Crippen molar-refractivity contribution in [2.24, 2.45) is 0 Å². The quantitative estimate of drug-likeness (QED) is 0.649. The van der Waals surface area contributed by atoms with Crippen LogP contribution in [0.2, 0.25) is 13.1 Å². The minimum absolute atomic E-state index is 0.0749. The molecule has 1 aliphatic rings. The molecule has 104 valence electrons. The van der Waals surface area contributed by atoms with Crippen LogP contribution in [-0.2, 0) is 4.79 Å². The van der Waals surface area contributed by atoms with Gasteiger partial charge in [-0.2, -0.15) is 0 Å². The van der Waals surface area contributed by atoms with Crippen molar-refractivity contribution in [2.75, 3.05) is 0 Å². The topological polar surface area (TPSA) is 57.5 Å². The van der Waals surface area contributed by atoms with Gasteiger partial charge >= 0.3 is 0 Å². The highest BCUT2D eigenvalue weighted by molar-refractivity contribution is 6.97. The molecule has 2 rings (SSSR count). The molecule has 0 fully saturated rings. The number of aliphatic hydroxyl groups is 1. The number of hydrogen-bond acceptors (Lipinski definition) is 3. The maximum Gasteiger partial charge on any atom is 0.152 e. The molecule has 0 bridgehead atoms. The molecule has 1 heterocycles. The van der Waals surface area contributed by atoms with Crippen molar-refractivity contribution in [2.45, 2.75) is 20.0 Å². The Morgan fingerprint density at radius 3 is 2.55 bits per heavy atom. The lowest BCUT2D eigenvalue weighted by Gasteiger charge is -2.33. The summed E-state index contributed by atoms with van der Waals surface area (Å²) in [7, 11) is -2.06. The van der Waals surface area contributed by atoms with Gasteiger partial charge < -0.3 is 10.2 Å². The van der Waals surface area contributed by atoms with E-state index in [2.05, 4.69) is 19.7 Å². The van der Waals surface area contributed by atoms with E-state index in [0.29, 0.717) is 5.57 Å². The number of fused-ring (bicyclic) bond motifs is 1. The van der Waals surface area contributed by atoms with Gasteiger partial charge in [-0.25, -0.2) is 0 Å². The number of aromatic hydroxyl groups is 1. The molecule has 4 heteroatoms. The zero-order valence-corrected chi connectivity index (χ0v) is 12.9. The van der Waals surface area contributed by atoms with Crippen molar-refractivity contribution < 1.29 is 15.0 Å².